The van der Waals surface area contributed by atoms with Gasteiger partial charge in [0.05, 0.1) is 7.11 Å². The Hall–Kier alpha value is -2.39. The van der Waals surface area contributed by atoms with Gasteiger partial charge in [-0.1, -0.05) is 42.5 Å². The summed E-state index contributed by atoms with van der Waals surface area (Å²) in [5, 5.41) is 12.4. The van der Waals surface area contributed by atoms with E-state index in [9.17, 15) is 9.50 Å². The van der Waals surface area contributed by atoms with Gasteiger partial charge in [-0.25, -0.2) is 4.39 Å². The second kappa shape index (κ2) is 5.54. The molecule has 0 saturated carbocycles. The van der Waals surface area contributed by atoms with Crippen molar-refractivity contribution in [1.29, 1.82) is 0 Å². The quantitative estimate of drug-likeness (QED) is 0.784. The molecule has 0 aliphatic heterocycles. The van der Waals surface area contributed by atoms with Crippen LogP contribution in [0.15, 0.2) is 60.7 Å². The third kappa shape index (κ3) is 2.48. The standard InChI is InChI=1S/C18H15FO2/c1-21-17-11-10-16(14-4-2-3-5-15(14)17)18(20)12-6-8-13(19)9-7-12/h2-11,18,20H,1H3. The molecule has 0 aromatic heterocycles. The molecule has 3 heteroatoms. The van der Waals surface area contributed by atoms with Crippen LogP contribution >= 0.6 is 0 Å². The minimum absolute atomic E-state index is 0.314. The maximum Gasteiger partial charge on any atom is 0.126 e. The van der Waals surface area contributed by atoms with Gasteiger partial charge in [0.2, 0.25) is 0 Å². The molecule has 0 aliphatic carbocycles. The summed E-state index contributed by atoms with van der Waals surface area (Å²) in [6.45, 7) is 0. The highest BCUT2D eigenvalue weighted by Gasteiger charge is 2.15. The van der Waals surface area contributed by atoms with Gasteiger partial charge in [-0.15, -0.1) is 0 Å². The second-order valence-corrected chi connectivity index (χ2v) is 4.86. The average molecular weight is 282 g/mol. The van der Waals surface area contributed by atoms with Gasteiger partial charge in [-0.3, -0.25) is 0 Å². The van der Waals surface area contributed by atoms with Crippen molar-refractivity contribution in [3.05, 3.63) is 77.6 Å². The Morgan fingerprint density at radius 2 is 1.57 bits per heavy atom. The summed E-state index contributed by atoms with van der Waals surface area (Å²) in [6, 6.07) is 17.3. The van der Waals surface area contributed by atoms with Crippen LogP contribution in [0.3, 0.4) is 0 Å². The Balaban J connectivity index is 2.14. The molecule has 1 unspecified atom stereocenters. The summed E-state index contributed by atoms with van der Waals surface area (Å²) in [5.74, 6) is 0.450. The van der Waals surface area contributed by atoms with Crippen molar-refractivity contribution in [3.8, 4) is 5.75 Å². The van der Waals surface area contributed by atoms with Crippen LogP contribution in [0.4, 0.5) is 4.39 Å². The summed E-state index contributed by atoms with van der Waals surface area (Å²) in [5.41, 5.74) is 1.43. The molecule has 0 radical (unpaired) electrons. The van der Waals surface area contributed by atoms with Gasteiger partial charge >= 0.3 is 0 Å². The molecule has 2 nitrogen and oxygen atoms in total. The molecule has 3 aromatic rings. The van der Waals surface area contributed by atoms with Crippen LogP contribution in [0.5, 0.6) is 5.75 Å². The zero-order valence-electron chi connectivity index (χ0n) is 11.6. The van der Waals surface area contributed by atoms with Crippen LogP contribution in [0, 0.1) is 5.82 Å². The van der Waals surface area contributed by atoms with Gasteiger partial charge in [0.15, 0.2) is 0 Å². The van der Waals surface area contributed by atoms with Gasteiger partial charge in [0.1, 0.15) is 17.7 Å². The van der Waals surface area contributed by atoms with E-state index in [1.807, 2.05) is 36.4 Å². The maximum absolute atomic E-state index is 13.0. The number of aliphatic hydroxyl groups excluding tert-OH is 1. The summed E-state index contributed by atoms with van der Waals surface area (Å²) in [6.07, 6.45) is -0.804. The van der Waals surface area contributed by atoms with E-state index < -0.39 is 6.10 Å². The lowest BCUT2D eigenvalue weighted by molar-refractivity contribution is 0.221. The third-order valence-electron chi connectivity index (χ3n) is 3.62. The normalized spacial score (nSPS) is 12.3. The smallest absolute Gasteiger partial charge is 0.126 e. The van der Waals surface area contributed by atoms with Crippen LogP contribution in [0.2, 0.25) is 0 Å². The number of halogens is 1. The molecule has 1 atom stereocenters. The van der Waals surface area contributed by atoms with Crippen molar-refractivity contribution >= 4 is 10.8 Å². The van der Waals surface area contributed by atoms with Gasteiger partial charge in [0.25, 0.3) is 0 Å². The Bertz CT molecular complexity index is 766. The van der Waals surface area contributed by atoms with Crippen LogP contribution in [-0.4, -0.2) is 12.2 Å². The van der Waals surface area contributed by atoms with Crippen molar-refractivity contribution in [1.82, 2.24) is 0 Å². The monoisotopic (exact) mass is 282 g/mol. The van der Waals surface area contributed by atoms with Crippen molar-refractivity contribution < 1.29 is 14.2 Å². The van der Waals surface area contributed by atoms with Gasteiger partial charge in [0, 0.05) is 5.39 Å². The number of hydrogen-bond donors (Lipinski definition) is 1. The van der Waals surface area contributed by atoms with E-state index in [0.29, 0.717) is 5.56 Å². The first kappa shape index (κ1) is 13.6. The minimum Gasteiger partial charge on any atom is -0.496 e. The first-order valence-electron chi connectivity index (χ1n) is 6.70. The fraction of sp³-hybridized carbons (Fsp3) is 0.111. The molecular weight excluding hydrogens is 267 g/mol. The molecular formula is C18H15FO2. The first-order valence-corrected chi connectivity index (χ1v) is 6.70. The molecule has 3 aromatic carbocycles. The molecule has 0 bridgehead atoms. The minimum atomic E-state index is -0.804. The Morgan fingerprint density at radius 1 is 0.905 bits per heavy atom. The van der Waals surface area contributed by atoms with Crippen LogP contribution < -0.4 is 4.74 Å². The van der Waals surface area contributed by atoms with E-state index in [-0.39, 0.29) is 5.82 Å². The fourth-order valence-corrected chi connectivity index (χ4v) is 2.54. The predicted octanol–water partition coefficient (Wildman–Crippen LogP) is 4.07. The highest BCUT2D eigenvalue weighted by molar-refractivity contribution is 5.91. The Morgan fingerprint density at radius 3 is 2.24 bits per heavy atom. The van der Waals surface area contributed by atoms with Crippen LogP contribution in [0.1, 0.15) is 17.2 Å². The first-order chi connectivity index (χ1) is 10.2. The lowest BCUT2D eigenvalue weighted by atomic mass is 9.95. The molecule has 0 aliphatic rings. The Labute approximate surface area is 122 Å². The number of rotatable bonds is 3. The number of ether oxygens (including phenoxy) is 1. The number of methoxy groups -OCH3 is 1. The summed E-state index contributed by atoms with van der Waals surface area (Å²) < 4.78 is 18.4. The molecule has 1 N–H and O–H groups in total. The summed E-state index contributed by atoms with van der Waals surface area (Å²) >= 11 is 0. The zero-order valence-corrected chi connectivity index (χ0v) is 11.6. The fourth-order valence-electron chi connectivity index (χ4n) is 2.54. The lowest BCUT2D eigenvalue weighted by Crippen LogP contribution is -2.01. The van der Waals surface area contributed by atoms with Gasteiger partial charge in [-0.2, -0.15) is 0 Å². The van der Waals surface area contributed by atoms with Crippen molar-refractivity contribution in [2.45, 2.75) is 6.10 Å². The molecule has 0 spiro atoms. The zero-order chi connectivity index (χ0) is 14.8. The summed E-state index contributed by atoms with van der Waals surface area (Å²) in [7, 11) is 1.62. The molecule has 0 heterocycles. The number of hydrogen-bond acceptors (Lipinski definition) is 2. The molecule has 3 rings (SSSR count). The highest BCUT2D eigenvalue weighted by Crippen LogP contribution is 2.33. The summed E-state index contributed by atoms with van der Waals surface area (Å²) in [4.78, 5) is 0. The maximum atomic E-state index is 13.0. The van der Waals surface area contributed by atoms with Gasteiger partial charge in [-0.05, 0) is 34.7 Å². The van der Waals surface area contributed by atoms with E-state index in [4.69, 9.17) is 4.74 Å². The molecule has 21 heavy (non-hydrogen) atoms. The Kier molecular flexibility index (Phi) is 3.59. The molecule has 0 fully saturated rings. The van der Waals surface area contributed by atoms with E-state index in [2.05, 4.69) is 0 Å². The number of fused-ring (bicyclic) bond motifs is 1. The van der Waals surface area contributed by atoms with Crippen molar-refractivity contribution in [3.63, 3.8) is 0 Å². The van der Waals surface area contributed by atoms with E-state index in [1.165, 1.54) is 12.1 Å². The topological polar surface area (TPSA) is 29.5 Å². The molecule has 0 amide bonds. The van der Waals surface area contributed by atoms with Crippen molar-refractivity contribution in [2.24, 2.45) is 0 Å². The second-order valence-electron chi connectivity index (χ2n) is 4.86. The lowest BCUT2D eigenvalue weighted by Gasteiger charge is -2.16. The van der Waals surface area contributed by atoms with Crippen molar-refractivity contribution in [2.75, 3.05) is 7.11 Å². The highest BCUT2D eigenvalue weighted by atomic mass is 19.1. The van der Waals surface area contributed by atoms with E-state index >= 15 is 0 Å². The average Bonchev–Trinajstić information content (AvgIpc) is 2.54. The predicted molar refractivity (Wildman–Crippen MR) is 81.0 cm³/mol. The van der Waals surface area contributed by atoms with E-state index in [1.54, 1.807) is 19.2 Å². The van der Waals surface area contributed by atoms with E-state index in [0.717, 1.165) is 22.1 Å². The SMILES string of the molecule is COc1ccc(C(O)c2ccc(F)cc2)c2ccccc12. The third-order valence-corrected chi connectivity index (χ3v) is 3.62. The number of benzene rings is 3. The van der Waals surface area contributed by atoms with Crippen LogP contribution in [0.25, 0.3) is 10.8 Å². The van der Waals surface area contributed by atoms with Crippen LogP contribution in [-0.2, 0) is 0 Å². The molecule has 0 saturated heterocycles. The number of aliphatic hydroxyl groups is 1. The largest absolute Gasteiger partial charge is 0.496 e. The van der Waals surface area contributed by atoms with Gasteiger partial charge < -0.3 is 9.84 Å². The molecule has 106 valence electrons.